The molecule has 0 aliphatic carbocycles. The second kappa shape index (κ2) is 7.10. The molecule has 0 spiro atoms. The van der Waals surface area contributed by atoms with Gasteiger partial charge in [-0.15, -0.1) is 0 Å². The normalized spacial score (nSPS) is 12.3. The highest BCUT2D eigenvalue weighted by atomic mass is 16.5. The summed E-state index contributed by atoms with van der Waals surface area (Å²) in [5.74, 6) is 1.63. The molecule has 0 saturated carbocycles. The molecular formula is C16H23N3O. The van der Waals surface area contributed by atoms with E-state index in [0.29, 0.717) is 6.04 Å². The van der Waals surface area contributed by atoms with Crippen LogP contribution in [-0.2, 0) is 6.54 Å². The molecule has 1 aromatic carbocycles. The van der Waals surface area contributed by atoms with Crippen molar-refractivity contribution in [3.63, 3.8) is 0 Å². The molecule has 0 radical (unpaired) electrons. The molecule has 0 fully saturated rings. The van der Waals surface area contributed by atoms with Crippen molar-refractivity contribution < 1.29 is 4.74 Å². The molecule has 0 aliphatic rings. The monoisotopic (exact) mass is 273 g/mol. The van der Waals surface area contributed by atoms with E-state index in [1.54, 1.807) is 6.20 Å². The van der Waals surface area contributed by atoms with Crippen molar-refractivity contribution in [3.05, 3.63) is 42.2 Å². The molecule has 1 aromatic heterocycles. The summed E-state index contributed by atoms with van der Waals surface area (Å²) in [5, 5.41) is 7.69. The van der Waals surface area contributed by atoms with Crippen molar-refractivity contribution in [2.75, 3.05) is 6.54 Å². The number of ether oxygens (including phenoxy) is 1. The lowest BCUT2D eigenvalue weighted by molar-refractivity contribution is 0.476. The van der Waals surface area contributed by atoms with E-state index < -0.39 is 0 Å². The van der Waals surface area contributed by atoms with Crippen molar-refractivity contribution in [2.45, 2.75) is 39.8 Å². The molecule has 1 atom stereocenters. The van der Waals surface area contributed by atoms with Crippen LogP contribution >= 0.6 is 0 Å². The Hall–Kier alpha value is -1.81. The van der Waals surface area contributed by atoms with E-state index >= 15 is 0 Å². The van der Waals surface area contributed by atoms with Gasteiger partial charge >= 0.3 is 0 Å². The van der Waals surface area contributed by atoms with Gasteiger partial charge in [0.1, 0.15) is 5.75 Å². The van der Waals surface area contributed by atoms with Gasteiger partial charge in [0, 0.05) is 12.6 Å². The van der Waals surface area contributed by atoms with Crippen LogP contribution in [0.25, 0.3) is 0 Å². The van der Waals surface area contributed by atoms with Crippen molar-refractivity contribution >= 4 is 0 Å². The van der Waals surface area contributed by atoms with E-state index in [-0.39, 0.29) is 0 Å². The molecule has 0 amide bonds. The summed E-state index contributed by atoms with van der Waals surface area (Å²) in [6.07, 6.45) is 4.72. The van der Waals surface area contributed by atoms with E-state index in [2.05, 4.69) is 43.3 Å². The van der Waals surface area contributed by atoms with Gasteiger partial charge in [-0.05, 0) is 37.6 Å². The van der Waals surface area contributed by atoms with Crippen LogP contribution in [-0.4, -0.2) is 16.3 Å². The van der Waals surface area contributed by atoms with Gasteiger partial charge in [0.25, 0.3) is 0 Å². The third-order valence-electron chi connectivity index (χ3n) is 3.29. The van der Waals surface area contributed by atoms with Crippen LogP contribution in [0.1, 0.15) is 38.8 Å². The number of aromatic nitrogens is 2. The Morgan fingerprint density at radius 1 is 1.25 bits per heavy atom. The van der Waals surface area contributed by atoms with Gasteiger partial charge in [-0.2, -0.15) is 5.10 Å². The van der Waals surface area contributed by atoms with Gasteiger partial charge in [-0.1, -0.05) is 26.0 Å². The first-order valence-corrected chi connectivity index (χ1v) is 7.30. The smallest absolute Gasteiger partial charge is 0.165 e. The van der Waals surface area contributed by atoms with Crippen molar-refractivity contribution in [2.24, 2.45) is 0 Å². The predicted molar refractivity (Wildman–Crippen MR) is 81.1 cm³/mol. The molecule has 108 valence electrons. The van der Waals surface area contributed by atoms with E-state index in [4.69, 9.17) is 4.74 Å². The predicted octanol–water partition coefficient (Wildman–Crippen LogP) is 3.76. The Kier molecular flexibility index (Phi) is 5.18. The Labute approximate surface area is 120 Å². The second-order valence-electron chi connectivity index (χ2n) is 4.72. The molecule has 2 rings (SSSR count). The average Bonchev–Trinajstić information content (AvgIpc) is 2.92. The maximum Gasteiger partial charge on any atom is 0.165 e. The summed E-state index contributed by atoms with van der Waals surface area (Å²) >= 11 is 0. The van der Waals surface area contributed by atoms with Gasteiger partial charge in [0.15, 0.2) is 5.75 Å². The van der Waals surface area contributed by atoms with Crippen LogP contribution in [0.4, 0.5) is 0 Å². The molecule has 20 heavy (non-hydrogen) atoms. The average molecular weight is 273 g/mol. The molecule has 0 aliphatic heterocycles. The summed E-state index contributed by atoms with van der Waals surface area (Å²) in [6, 6.07) is 8.63. The zero-order chi connectivity index (χ0) is 14.4. The molecule has 1 N–H and O–H groups in total. The lowest BCUT2D eigenvalue weighted by Gasteiger charge is -2.17. The Morgan fingerprint density at radius 2 is 2.10 bits per heavy atom. The summed E-state index contributed by atoms with van der Waals surface area (Å²) in [6.45, 7) is 8.18. The second-order valence-corrected chi connectivity index (χ2v) is 4.72. The third kappa shape index (κ3) is 3.61. The van der Waals surface area contributed by atoms with E-state index in [0.717, 1.165) is 31.0 Å². The van der Waals surface area contributed by atoms with Crippen molar-refractivity contribution in [3.8, 4) is 11.5 Å². The third-order valence-corrected chi connectivity index (χ3v) is 3.29. The standard InChI is InChI=1S/C16H23N3O/c1-4-16(17-5-2)13-8-7-9-14(10-13)20-15-11-18-19(6-3)12-15/h7-12,16-17H,4-6H2,1-3H3. The van der Waals surface area contributed by atoms with Crippen LogP contribution in [0, 0.1) is 0 Å². The first-order valence-electron chi connectivity index (χ1n) is 7.30. The maximum absolute atomic E-state index is 5.86. The Bertz CT molecular complexity index is 536. The fourth-order valence-electron chi connectivity index (χ4n) is 2.25. The number of rotatable bonds is 7. The fourth-order valence-corrected chi connectivity index (χ4v) is 2.25. The number of hydrogen-bond acceptors (Lipinski definition) is 3. The highest BCUT2D eigenvalue weighted by molar-refractivity contribution is 5.33. The molecule has 0 bridgehead atoms. The van der Waals surface area contributed by atoms with Crippen LogP contribution in [0.3, 0.4) is 0 Å². The number of nitrogens with one attached hydrogen (secondary N) is 1. The van der Waals surface area contributed by atoms with E-state index in [9.17, 15) is 0 Å². The largest absolute Gasteiger partial charge is 0.454 e. The van der Waals surface area contributed by atoms with Crippen molar-refractivity contribution in [1.82, 2.24) is 15.1 Å². The van der Waals surface area contributed by atoms with E-state index in [1.807, 2.05) is 23.0 Å². The SMILES string of the molecule is CCNC(CC)c1cccc(Oc2cnn(CC)c2)c1. The molecule has 1 unspecified atom stereocenters. The summed E-state index contributed by atoms with van der Waals surface area (Å²) in [5.41, 5.74) is 1.26. The Morgan fingerprint density at radius 3 is 2.75 bits per heavy atom. The zero-order valence-electron chi connectivity index (χ0n) is 12.5. The molecule has 1 heterocycles. The summed E-state index contributed by atoms with van der Waals surface area (Å²) in [4.78, 5) is 0. The minimum Gasteiger partial charge on any atom is -0.454 e. The number of benzene rings is 1. The number of nitrogens with zero attached hydrogens (tertiary/aromatic N) is 2. The molecule has 0 saturated heterocycles. The first-order chi connectivity index (χ1) is 9.76. The molecule has 4 heteroatoms. The number of hydrogen-bond donors (Lipinski definition) is 1. The highest BCUT2D eigenvalue weighted by Crippen LogP contribution is 2.25. The maximum atomic E-state index is 5.86. The topological polar surface area (TPSA) is 39.1 Å². The van der Waals surface area contributed by atoms with Crippen LogP contribution < -0.4 is 10.1 Å². The fraction of sp³-hybridized carbons (Fsp3) is 0.438. The van der Waals surface area contributed by atoms with Gasteiger partial charge in [0.05, 0.1) is 12.4 Å². The lowest BCUT2D eigenvalue weighted by Crippen LogP contribution is -2.19. The minimum absolute atomic E-state index is 0.377. The van der Waals surface area contributed by atoms with Gasteiger partial charge in [0.2, 0.25) is 0 Å². The summed E-state index contributed by atoms with van der Waals surface area (Å²) < 4.78 is 7.72. The first kappa shape index (κ1) is 14.6. The van der Waals surface area contributed by atoms with Crippen LogP contribution in [0.5, 0.6) is 11.5 Å². The molecular weight excluding hydrogens is 250 g/mol. The minimum atomic E-state index is 0.377. The van der Waals surface area contributed by atoms with Crippen LogP contribution in [0.15, 0.2) is 36.7 Å². The van der Waals surface area contributed by atoms with E-state index in [1.165, 1.54) is 5.56 Å². The van der Waals surface area contributed by atoms with Crippen LogP contribution in [0.2, 0.25) is 0 Å². The van der Waals surface area contributed by atoms with Gasteiger partial charge < -0.3 is 10.1 Å². The Balaban J connectivity index is 2.12. The quantitative estimate of drug-likeness (QED) is 0.835. The zero-order valence-corrected chi connectivity index (χ0v) is 12.5. The highest BCUT2D eigenvalue weighted by Gasteiger charge is 2.09. The van der Waals surface area contributed by atoms with Gasteiger partial charge in [-0.3, -0.25) is 4.68 Å². The van der Waals surface area contributed by atoms with Gasteiger partial charge in [-0.25, -0.2) is 0 Å². The van der Waals surface area contributed by atoms with Crippen molar-refractivity contribution in [1.29, 1.82) is 0 Å². The summed E-state index contributed by atoms with van der Waals surface area (Å²) in [7, 11) is 0. The molecule has 4 nitrogen and oxygen atoms in total. The lowest BCUT2D eigenvalue weighted by atomic mass is 10.0. The number of aryl methyl sites for hydroxylation is 1. The molecule has 2 aromatic rings.